The van der Waals surface area contributed by atoms with Crippen LogP contribution in [0.3, 0.4) is 0 Å². The van der Waals surface area contributed by atoms with Gasteiger partial charge in [-0.25, -0.2) is 4.79 Å². The van der Waals surface area contributed by atoms with E-state index in [0.717, 1.165) is 12.0 Å². The van der Waals surface area contributed by atoms with Crippen molar-refractivity contribution in [2.75, 3.05) is 6.61 Å². The Bertz CT molecular complexity index is 393. The van der Waals surface area contributed by atoms with Gasteiger partial charge in [0.2, 0.25) is 0 Å². The normalized spacial score (nSPS) is 12.8. The van der Waals surface area contributed by atoms with Crippen LogP contribution in [0.15, 0.2) is 30.3 Å². The van der Waals surface area contributed by atoms with Crippen molar-refractivity contribution >= 4 is 6.09 Å². The first kappa shape index (κ1) is 15.3. The highest BCUT2D eigenvalue weighted by atomic mass is 19.4. The van der Waals surface area contributed by atoms with Gasteiger partial charge in [0.15, 0.2) is 6.61 Å². The first-order chi connectivity index (χ1) is 8.92. The Kier molecular flexibility index (Phi) is 5.66. The van der Waals surface area contributed by atoms with E-state index in [2.05, 4.69) is 10.1 Å². The molecule has 6 heteroatoms. The summed E-state index contributed by atoms with van der Waals surface area (Å²) in [5, 5.41) is 2.45. The van der Waals surface area contributed by atoms with E-state index in [-0.39, 0.29) is 6.04 Å². The summed E-state index contributed by atoms with van der Waals surface area (Å²) in [5.74, 6) is 0. The lowest BCUT2D eigenvalue weighted by molar-refractivity contribution is -0.160. The number of ether oxygens (including phenoxy) is 1. The highest BCUT2D eigenvalue weighted by molar-refractivity contribution is 5.67. The zero-order chi connectivity index (χ0) is 14.3. The van der Waals surface area contributed by atoms with Gasteiger partial charge in [0.05, 0.1) is 6.04 Å². The summed E-state index contributed by atoms with van der Waals surface area (Å²) in [7, 11) is 0. The maximum Gasteiger partial charge on any atom is 0.422 e. The van der Waals surface area contributed by atoms with Crippen LogP contribution in [-0.4, -0.2) is 18.9 Å². The molecule has 0 aliphatic carbocycles. The zero-order valence-corrected chi connectivity index (χ0v) is 10.5. The van der Waals surface area contributed by atoms with Gasteiger partial charge in [0.1, 0.15) is 0 Å². The Labute approximate surface area is 109 Å². The monoisotopic (exact) mass is 275 g/mol. The van der Waals surface area contributed by atoms with E-state index in [1.54, 1.807) is 12.1 Å². The third kappa shape index (κ3) is 6.13. The van der Waals surface area contributed by atoms with E-state index >= 15 is 0 Å². The summed E-state index contributed by atoms with van der Waals surface area (Å²) in [5.41, 5.74) is 0.841. The van der Waals surface area contributed by atoms with E-state index in [1.165, 1.54) is 0 Å². The molecule has 1 N–H and O–H groups in total. The van der Waals surface area contributed by atoms with E-state index in [0.29, 0.717) is 6.42 Å². The summed E-state index contributed by atoms with van der Waals surface area (Å²) in [6, 6.07) is 8.72. The minimum Gasteiger partial charge on any atom is -0.440 e. The first-order valence-corrected chi connectivity index (χ1v) is 5.97. The van der Waals surface area contributed by atoms with Crippen LogP contribution >= 0.6 is 0 Å². The lowest BCUT2D eigenvalue weighted by atomic mass is 10.0. The average Bonchev–Trinajstić information content (AvgIpc) is 2.36. The fourth-order valence-electron chi connectivity index (χ4n) is 1.63. The molecule has 0 spiro atoms. The van der Waals surface area contributed by atoms with Crippen molar-refractivity contribution in [1.29, 1.82) is 0 Å². The van der Waals surface area contributed by atoms with E-state index < -0.39 is 18.9 Å². The fourth-order valence-corrected chi connectivity index (χ4v) is 1.63. The molecule has 0 heterocycles. The molecule has 0 saturated heterocycles. The number of rotatable bonds is 5. The number of carbonyl (C=O) groups is 1. The van der Waals surface area contributed by atoms with Crippen molar-refractivity contribution in [2.45, 2.75) is 32.0 Å². The highest BCUT2D eigenvalue weighted by Gasteiger charge is 2.30. The Morgan fingerprint density at radius 3 is 2.47 bits per heavy atom. The lowest BCUT2D eigenvalue weighted by Crippen LogP contribution is -2.32. The van der Waals surface area contributed by atoms with Crippen LogP contribution in [0, 0.1) is 0 Å². The van der Waals surface area contributed by atoms with Gasteiger partial charge in [0, 0.05) is 0 Å². The molecule has 0 aliphatic heterocycles. The number of nitrogens with one attached hydrogen (secondary N) is 1. The van der Waals surface area contributed by atoms with E-state index in [4.69, 9.17) is 0 Å². The van der Waals surface area contributed by atoms with Gasteiger partial charge in [-0.05, 0) is 12.0 Å². The largest absolute Gasteiger partial charge is 0.440 e. The predicted molar refractivity (Wildman–Crippen MR) is 64.6 cm³/mol. The second-order valence-electron chi connectivity index (χ2n) is 4.09. The predicted octanol–water partition coefficient (Wildman–Crippen LogP) is 3.82. The summed E-state index contributed by atoms with van der Waals surface area (Å²) >= 11 is 0. The molecule has 0 fully saturated rings. The van der Waals surface area contributed by atoms with Crippen LogP contribution in [0.4, 0.5) is 18.0 Å². The summed E-state index contributed by atoms with van der Waals surface area (Å²) in [4.78, 5) is 11.3. The third-order valence-electron chi connectivity index (χ3n) is 2.44. The average molecular weight is 275 g/mol. The van der Waals surface area contributed by atoms with Crippen LogP contribution < -0.4 is 5.32 Å². The highest BCUT2D eigenvalue weighted by Crippen LogP contribution is 2.19. The molecular formula is C13H16F3NO2. The van der Waals surface area contributed by atoms with Crippen molar-refractivity contribution in [3.63, 3.8) is 0 Å². The molecule has 0 aromatic heterocycles. The molecule has 1 amide bonds. The number of carbonyl (C=O) groups excluding carboxylic acids is 1. The Morgan fingerprint density at radius 2 is 1.95 bits per heavy atom. The van der Waals surface area contributed by atoms with Gasteiger partial charge in [0.25, 0.3) is 0 Å². The van der Waals surface area contributed by atoms with Crippen LogP contribution in [0.25, 0.3) is 0 Å². The Morgan fingerprint density at radius 1 is 1.32 bits per heavy atom. The molecule has 1 aromatic rings. The van der Waals surface area contributed by atoms with Crippen molar-refractivity contribution in [3.05, 3.63) is 35.9 Å². The number of hydrogen-bond donors (Lipinski definition) is 1. The van der Waals surface area contributed by atoms with Crippen molar-refractivity contribution in [1.82, 2.24) is 5.32 Å². The molecule has 1 unspecified atom stereocenters. The molecule has 19 heavy (non-hydrogen) atoms. The number of hydrogen-bond acceptors (Lipinski definition) is 2. The molecular weight excluding hydrogens is 259 g/mol. The third-order valence-corrected chi connectivity index (χ3v) is 2.44. The summed E-state index contributed by atoms with van der Waals surface area (Å²) in [6.45, 7) is 0.352. The van der Waals surface area contributed by atoms with Crippen LogP contribution in [0.1, 0.15) is 31.4 Å². The molecule has 1 aromatic carbocycles. The summed E-state index contributed by atoms with van der Waals surface area (Å²) in [6.07, 6.45) is -4.14. The quantitative estimate of drug-likeness (QED) is 0.887. The van der Waals surface area contributed by atoms with Crippen LogP contribution in [-0.2, 0) is 4.74 Å². The topological polar surface area (TPSA) is 38.3 Å². The van der Waals surface area contributed by atoms with Gasteiger partial charge in [-0.3, -0.25) is 0 Å². The maximum absolute atomic E-state index is 11.9. The molecule has 3 nitrogen and oxygen atoms in total. The van der Waals surface area contributed by atoms with Gasteiger partial charge >= 0.3 is 12.3 Å². The lowest BCUT2D eigenvalue weighted by Gasteiger charge is -2.18. The van der Waals surface area contributed by atoms with Crippen molar-refractivity contribution in [2.24, 2.45) is 0 Å². The fraction of sp³-hybridized carbons (Fsp3) is 0.462. The SMILES string of the molecule is CCCC(NC(=O)OCC(F)(F)F)c1ccccc1. The number of alkyl halides is 3. The minimum atomic E-state index is -4.51. The molecule has 0 radical (unpaired) electrons. The van der Waals surface area contributed by atoms with Crippen LogP contribution in [0.5, 0.6) is 0 Å². The molecule has 0 bridgehead atoms. The van der Waals surface area contributed by atoms with Crippen LogP contribution in [0.2, 0.25) is 0 Å². The minimum absolute atomic E-state index is 0.341. The second kappa shape index (κ2) is 7.01. The van der Waals surface area contributed by atoms with Crippen molar-refractivity contribution < 1.29 is 22.7 Å². The van der Waals surface area contributed by atoms with Gasteiger partial charge in [-0.1, -0.05) is 43.7 Å². The summed E-state index contributed by atoms with van der Waals surface area (Å²) < 4.78 is 39.9. The van der Waals surface area contributed by atoms with Gasteiger partial charge in [-0.2, -0.15) is 13.2 Å². The standard InChI is InChI=1S/C13H16F3NO2/c1-2-6-11(10-7-4-3-5-8-10)17-12(18)19-9-13(14,15)16/h3-5,7-8,11H,2,6,9H2,1H3,(H,17,18). The molecule has 1 rings (SSSR count). The first-order valence-electron chi connectivity index (χ1n) is 5.97. The smallest absolute Gasteiger partial charge is 0.422 e. The molecule has 106 valence electrons. The van der Waals surface area contributed by atoms with Gasteiger partial charge in [-0.15, -0.1) is 0 Å². The Hall–Kier alpha value is -1.72. The van der Waals surface area contributed by atoms with Crippen molar-refractivity contribution in [3.8, 4) is 0 Å². The second-order valence-corrected chi connectivity index (χ2v) is 4.09. The van der Waals surface area contributed by atoms with E-state index in [1.807, 2.05) is 25.1 Å². The molecule has 0 aliphatic rings. The number of benzene rings is 1. The van der Waals surface area contributed by atoms with E-state index in [9.17, 15) is 18.0 Å². The number of amides is 1. The Balaban J connectivity index is 2.57. The number of halogens is 3. The number of alkyl carbamates (subject to hydrolysis) is 1. The maximum atomic E-state index is 11.9. The molecule has 0 saturated carbocycles. The zero-order valence-electron chi connectivity index (χ0n) is 10.5. The van der Waals surface area contributed by atoms with Gasteiger partial charge < -0.3 is 10.1 Å². The molecule has 1 atom stereocenters.